The Kier molecular flexibility index (Phi) is 7.92. The van der Waals surface area contributed by atoms with Crippen molar-refractivity contribution in [3.8, 4) is 0 Å². The molecule has 3 amide bonds. The Labute approximate surface area is 146 Å². The number of hydrogen-bond donors (Lipinski definition) is 4. The van der Waals surface area contributed by atoms with E-state index < -0.39 is 18.0 Å². The summed E-state index contributed by atoms with van der Waals surface area (Å²) in [6, 6.07) is 6.13. The van der Waals surface area contributed by atoms with Gasteiger partial charge in [0.15, 0.2) is 0 Å². The van der Waals surface area contributed by atoms with Crippen LogP contribution in [0.5, 0.6) is 0 Å². The van der Waals surface area contributed by atoms with Crippen molar-refractivity contribution >= 4 is 23.6 Å². The summed E-state index contributed by atoms with van der Waals surface area (Å²) in [5.41, 5.74) is 1.28. The number of para-hydroxylation sites is 1. The molecule has 1 aromatic rings. The minimum Gasteiger partial charge on any atom is -0.465 e. The standard InChI is InChI=1S/C18H23N3O4/c1-4-8-15(21-18(24)25)17(23)19-11-13-9-6-7-10-14(13)20-16(22)12(3)5-2/h4-7,9-10,12,15,21H,1-2,8,11H2,3H3,(H,19,23)(H,20,22)(H,24,25)/t12-,15+/m1/s1. The summed E-state index contributed by atoms with van der Waals surface area (Å²) < 4.78 is 0. The number of rotatable bonds is 9. The lowest BCUT2D eigenvalue weighted by Gasteiger charge is -2.17. The molecule has 0 saturated carbocycles. The number of anilines is 1. The summed E-state index contributed by atoms with van der Waals surface area (Å²) in [5.74, 6) is -1.02. The van der Waals surface area contributed by atoms with Crippen LogP contribution in [0.4, 0.5) is 10.5 Å². The predicted octanol–water partition coefficient (Wildman–Crippen LogP) is 2.28. The predicted molar refractivity (Wildman–Crippen MR) is 96.0 cm³/mol. The average molecular weight is 345 g/mol. The van der Waals surface area contributed by atoms with Crippen molar-refractivity contribution in [3.05, 3.63) is 55.1 Å². The molecule has 7 heteroatoms. The molecule has 0 fully saturated rings. The van der Waals surface area contributed by atoms with Gasteiger partial charge in [0.1, 0.15) is 6.04 Å². The monoisotopic (exact) mass is 345 g/mol. The smallest absolute Gasteiger partial charge is 0.405 e. The first-order valence-electron chi connectivity index (χ1n) is 7.78. The summed E-state index contributed by atoms with van der Waals surface area (Å²) in [4.78, 5) is 34.9. The van der Waals surface area contributed by atoms with Crippen LogP contribution in [0.1, 0.15) is 18.9 Å². The zero-order chi connectivity index (χ0) is 18.8. The van der Waals surface area contributed by atoms with Gasteiger partial charge in [-0.15, -0.1) is 13.2 Å². The van der Waals surface area contributed by atoms with E-state index in [4.69, 9.17) is 5.11 Å². The van der Waals surface area contributed by atoms with Crippen molar-refractivity contribution in [1.82, 2.24) is 10.6 Å². The van der Waals surface area contributed by atoms with Gasteiger partial charge < -0.3 is 21.1 Å². The molecular weight excluding hydrogens is 322 g/mol. The molecule has 2 atom stereocenters. The lowest BCUT2D eigenvalue weighted by molar-refractivity contribution is -0.123. The molecule has 4 N–H and O–H groups in total. The van der Waals surface area contributed by atoms with Gasteiger partial charge in [-0.25, -0.2) is 4.79 Å². The zero-order valence-corrected chi connectivity index (χ0v) is 14.1. The maximum Gasteiger partial charge on any atom is 0.405 e. The Morgan fingerprint density at radius 1 is 1.20 bits per heavy atom. The van der Waals surface area contributed by atoms with Crippen LogP contribution in [0.25, 0.3) is 0 Å². The molecule has 0 aliphatic carbocycles. The number of benzene rings is 1. The highest BCUT2D eigenvalue weighted by molar-refractivity contribution is 5.94. The first-order valence-corrected chi connectivity index (χ1v) is 7.78. The summed E-state index contributed by atoms with van der Waals surface area (Å²) >= 11 is 0. The molecular formula is C18H23N3O4. The molecule has 0 spiro atoms. The fourth-order valence-electron chi connectivity index (χ4n) is 2.00. The highest BCUT2D eigenvalue weighted by atomic mass is 16.4. The van der Waals surface area contributed by atoms with Gasteiger partial charge in [-0.2, -0.15) is 0 Å². The number of amides is 3. The lowest BCUT2D eigenvalue weighted by Crippen LogP contribution is -2.45. The minimum atomic E-state index is -1.28. The Balaban J connectivity index is 2.77. The largest absolute Gasteiger partial charge is 0.465 e. The second-order valence-electron chi connectivity index (χ2n) is 5.42. The summed E-state index contributed by atoms with van der Waals surface area (Å²) in [5, 5.41) is 16.4. The van der Waals surface area contributed by atoms with E-state index in [1.54, 1.807) is 31.2 Å². The van der Waals surface area contributed by atoms with Gasteiger partial charge in [0.2, 0.25) is 11.8 Å². The highest BCUT2D eigenvalue weighted by Crippen LogP contribution is 2.16. The van der Waals surface area contributed by atoms with E-state index in [9.17, 15) is 14.4 Å². The molecule has 0 saturated heterocycles. The second kappa shape index (κ2) is 9.92. The first kappa shape index (κ1) is 20.0. The Morgan fingerprint density at radius 2 is 1.88 bits per heavy atom. The van der Waals surface area contributed by atoms with Crippen LogP contribution in [0, 0.1) is 5.92 Å². The number of hydrogen-bond acceptors (Lipinski definition) is 3. The third-order valence-corrected chi connectivity index (χ3v) is 3.51. The van der Waals surface area contributed by atoms with Crippen LogP contribution in [-0.2, 0) is 16.1 Å². The van der Waals surface area contributed by atoms with Crippen LogP contribution >= 0.6 is 0 Å². The number of carbonyl (C=O) groups is 3. The maximum absolute atomic E-state index is 12.1. The number of carboxylic acid groups (broad SMARTS) is 1. The maximum atomic E-state index is 12.1. The van der Waals surface area contributed by atoms with Gasteiger partial charge in [-0.3, -0.25) is 9.59 Å². The first-order chi connectivity index (χ1) is 11.9. The summed E-state index contributed by atoms with van der Waals surface area (Å²) in [6.45, 7) is 8.97. The third-order valence-electron chi connectivity index (χ3n) is 3.51. The van der Waals surface area contributed by atoms with Gasteiger partial charge in [-0.1, -0.05) is 37.3 Å². The molecule has 25 heavy (non-hydrogen) atoms. The number of nitrogens with one attached hydrogen (secondary N) is 3. The van der Waals surface area contributed by atoms with Crippen LogP contribution < -0.4 is 16.0 Å². The fourth-order valence-corrected chi connectivity index (χ4v) is 2.00. The van der Waals surface area contributed by atoms with Crippen LogP contribution in [0.15, 0.2) is 49.6 Å². The highest BCUT2D eigenvalue weighted by Gasteiger charge is 2.19. The van der Waals surface area contributed by atoms with Gasteiger partial charge in [-0.05, 0) is 18.1 Å². The SMILES string of the molecule is C=CC[C@H](NC(=O)O)C(=O)NCc1ccccc1NC(=O)[C@H](C)C=C. The molecule has 0 radical (unpaired) electrons. The van der Waals surface area contributed by atoms with Crippen molar-refractivity contribution in [2.24, 2.45) is 5.92 Å². The van der Waals surface area contributed by atoms with E-state index in [1.165, 1.54) is 12.2 Å². The third kappa shape index (κ3) is 6.50. The quantitative estimate of drug-likeness (QED) is 0.515. The van der Waals surface area contributed by atoms with Gasteiger partial charge >= 0.3 is 6.09 Å². The molecule has 0 bridgehead atoms. The van der Waals surface area contributed by atoms with E-state index in [0.29, 0.717) is 11.3 Å². The second-order valence-corrected chi connectivity index (χ2v) is 5.42. The minimum absolute atomic E-state index is 0.146. The molecule has 0 heterocycles. The molecule has 1 aromatic carbocycles. The van der Waals surface area contributed by atoms with Crippen molar-refractivity contribution in [1.29, 1.82) is 0 Å². The molecule has 1 rings (SSSR count). The molecule has 0 aliphatic rings. The van der Waals surface area contributed by atoms with E-state index in [2.05, 4.69) is 29.1 Å². The average Bonchev–Trinajstić information content (AvgIpc) is 2.59. The van der Waals surface area contributed by atoms with Gasteiger partial charge in [0.25, 0.3) is 0 Å². The van der Waals surface area contributed by atoms with E-state index >= 15 is 0 Å². The van der Waals surface area contributed by atoms with Crippen molar-refractivity contribution in [3.63, 3.8) is 0 Å². The van der Waals surface area contributed by atoms with E-state index in [-0.39, 0.29) is 24.8 Å². The summed E-state index contributed by atoms with van der Waals surface area (Å²) in [7, 11) is 0. The van der Waals surface area contributed by atoms with Crippen molar-refractivity contribution in [2.75, 3.05) is 5.32 Å². The van der Waals surface area contributed by atoms with Gasteiger partial charge in [0, 0.05) is 12.2 Å². The molecule has 134 valence electrons. The van der Waals surface area contributed by atoms with Crippen LogP contribution in [0.2, 0.25) is 0 Å². The molecule has 0 unspecified atom stereocenters. The zero-order valence-electron chi connectivity index (χ0n) is 14.1. The van der Waals surface area contributed by atoms with Crippen molar-refractivity contribution in [2.45, 2.75) is 25.9 Å². The molecule has 0 aliphatic heterocycles. The lowest BCUT2D eigenvalue weighted by atomic mass is 10.1. The van der Waals surface area contributed by atoms with E-state index in [1.807, 2.05) is 0 Å². The topological polar surface area (TPSA) is 108 Å². The van der Waals surface area contributed by atoms with Crippen LogP contribution in [-0.4, -0.2) is 29.1 Å². The Hall–Kier alpha value is -3.09. The normalized spacial score (nSPS) is 12.4. The Morgan fingerprint density at radius 3 is 2.48 bits per heavy atom. The van der Waals surface area contributed by atoms with Crippen molar-refractivity contribution < 1.29 is 19.5 Å². The van der Waals surface area contributed by atoms with E-state index in [0.717, 1.165) is 0 Å². The van der Waals surface area contributed by atoms with Gasteiger partial charge in [0.05, 0.1) is 5.92 Å². The fraction of sp³-hybridized carbons (Fsp3) is 0.278. The molecule has 0 aromatic heterocycles. The number of carbonyl (C=O) groups excluding carboxylic acids is 2. The summed E-state index contributed by atoms with van der Waals surface area (Å²) in [6.07, 6.45) is 1.89. The molecule has 7 nitrogen and oxygen atoms in total. The van der Waals surface area contributed by atoms with Crippen LogP contribution in [0.3, 0.4) is 0 Å². The Bertz CT molecular complexity index is 657.